The van der Waals surface area contributed by atoms with Gasteiger partial charge in [0.05, 0.1) is 26.6 Å². The van der Waals surface area contributed by atoms with Gasteiger partial charge in [0.1, 0.15) is 12.6 Å². The number of quaternary nitrogens is 1. The van der Waals surface area contributed by atoms with Crippen molar-refractivity contribution in [2.45, 2.75) is 25.4 Å². The maximum Gasteiger partial charge on any atom is 0.223 e. The second-order valence-electron chi connectivity index (χ2n) is 6.81. The average Bonchev–Trinajstić information content (AvgIpc) is 2.61. The molecule has 26 heavy (non-hydrogen) atoms. The standard InChI is InChI=1S/C21H27N3O2/c1-16(25)22-19(17-10-6-4-7-11-17)14-21(26)23-20(15-24(2)3)18-12-8-5-9-13-18/h4-13,19-20H,14-15H2,1-3H3,(H,22,25)(H,23,26)/p+1/t19-,20-/m0/s1. The molecule has 0 heterocycles. The van der Waals surface area contributed by atoms with Gasteiger partial charge in [-0.2, -0.15) is 0 Å². The molecule has 3 N–H and O–H groups in total. The van der Waals surface area contributed by atoms with Crippen LogP contribution in [0.5, 0.6) is 0 Å². The Hall–Kier alpha value is -2.66. The number of carbonyl (C=O) groups excluding carboxylic acids is 2. The fourth-order valence-corrected chi connectivity index (χ4v) is 2.97. The average molecular weight is 354 g/mol. The monoisotopic (exact) mass is 354 g/mol. The van der Waals surface area contributed by atoms with Crippen molar-refractivity contribution in [3.8, 4) is 0 Å². The maximum atomic E-state index is 12.7. The minimum atomic E-state index is -0.336. The molecule has 0 spiro atoms. The summed E-state index contributed by atoms with van der Waals surface area (Å²) in [5, 5.41) is 6.00. The van der Waals surface area contributed by atoms with Gasteiger partial charge in [-0.1, -0.05) is 60.7 Å². The second kappa shape index (κ2) is 9.73. The van der Waals surface area contributed by atoms with E-state index < -0.39 is 0 Å². The first-order valence-electron chi connectivity index (χ1n) is 8.91. The Morgan fingerprint density at radius 3 is 1.81 bits per heavy atom. The zero-order valence-electron chi connectivity index (χ0n) is 15.7. The molecule has 0 aliphatic rings. The van der Waals surface area contributed by atoms with Gasteiger partial charge in [0.25, 0.3) is 0 Å². The number of likely N-dealkylation sites (N-methyl/N-ethyl adjacent to an activating group) is 1. The van der Waals surface area contributed by atoms with E-state index in [0.29, 0.717) is 0 Å². The molecule has 0 aromatic heterocycles. The number of amides is 2. The normalized spacial score (nSPS) is 13.1. The van der Waals surface area contributed by atoms with Gasteiger partial charge in [-0.3, -0.25) is 9.59 Å². The molecular weight excluding hydrogens is 326 g/mol. The molecule has 0 bridgehead atoms. The number of hydrogen-bond donors (Lipinski definition) is 3. The molecule has 5 nitrogen and oxygen atoms in total. The van der Waals surface area contributed by atoms with Crippen LogP contribution in [0.2, 0.25) is 0 Å². The van der Waals surface area contributed by atoms with Crippen LogP contribution in [0.3, 0.4) is 0 Å². The summed E-state index contributed by atoms with van der Waals surface area (Å²) in [4.78, 5) is 25.5. The smallest absolute Gasteiger partial charge is 0.223 e. The Morgan fingerprint density at radius 2 is 1.35 bits per heavy atom. The Labute approximate surface area is 155 Å². The maximum absolute atomic E-state index is 12.7. The van der Waals surface area contributed by atoms with E-state index in [1.807, 2.05) is 60.7 Å². The lowest BCUT2D eigenvalue weighted by molar-refractivity contribution is -0.860. The fraction of sp³-hybridized carbons (Fsp3) is 0.333. The Morgan fingerprint density at radius 1 is 0.846 bits per heavy atom. The summed E-state index contributed by atoms with van der Waals surface area (Å²) < 4.78 is 0. The predicted octanol–water partition coefficient (Wildman–Crippen LogP) is 1.26. The molecule has 2 aromatic rings. The number of carbonyl (C=O) groups is 2. The predicted molar refractivity (Wildman–Crippen MR) is 103 cm³/mol. The third-order valence-corrected chi connectivity index (χ3v) is 4.12. The highest BCUT2D eigenvalue weighted by atomic mass is 16.2. The topological polar surface area (TPSA) is 62.6 Å². The quantitative estimate of drug-likeness (QED) is 0.668. The van der Waals surface area contributed by atoms with Crippen molar-refractivity contribution >= 4 is 11.8 Å². The highest BCUT2D eigenvalue weighted by Gasteiger charge is 2.21. The molecule has 2 rings (SSSR count). The molecule has 0 fully saturated rings. The summed E-state index contributed by atoms with van der Waals surface area (Å²) in [5.41, 5.74) is 2.00. The van der Waals surface area contributed by atoms with Crippen LogP contribution in [0.25, 0.3) is 0 Å². The van der Waals surface area contributed by atoms with Gasteiger partial charge >= 0.3 is 0 Å². The zero-order valence-corrected chi connectivity index (χ0v) is 15.7. The van der Waals surface area contributed by atoms with Gasteiger partial charge in [-0.15, -0.1) is 0 Å². The van der Waals surface area contributed by atoms with E-state index in [2.05, 4.69) is 24.7 Å². The number of rotatable bonds is 8. The van der Waals surface area contributed by atoms with E-state index in [9.17, 15) is 9.59 Å². The van der Waals surface area contributed by atoms with Crippen LogP contribution in [-0.2, 0) is 9.59 Å². The van der Waals surface area contributed by atoms with Gasteiger partial charge in [0.15, 0.2) is 0 Å². The summed E-state index contributed by atoms with van der Waals surface area (Å²) in [5.74, 6) is -0.230. The van der Waals surface area contributed by atoms with Crippen LogP contribution < -0.4 is 15.5 Å². The third kappa shape index (κ3) is 6.33. The first-order chi connectivity index (χ1) is 12.5. The first-order valence-corrected chi connectivity index (χ1v) is 8.91. The van der Waals surface area contributed by atoms with Crippen LogP contribution in [0.15, 0.2) is 60.7 Å². The van der Waals surface area contributed by atoms with Crippen LogP contribution in [-0.4, -0.2) is 32.5 Å². The molecule has 0 aliphatic carbocycles. The molecule has 2 aromatic carbocycles. The van der Waals surface area contributed by atoms with Gasteiger partial charge in [0, 0.05) is 6.92 Å². The van der Waals surface area contributed by atoms with Gasteiger partial charge in [-0.25, -0.2) is 0 Å². The van der Waals surface area contributed by atoms with E-state index >= 15 is 0 Å². The third-order valence-electron chi connectivity index (χ3n) is 4.12. The summed E-state index contributed by atoms with van der Waals surface area (Å²) >= 11 is 0. The fourth-order valence-electron chi connectivity index (χ4n) is 2.97. The molecular formula is C21H28N3O2+. The van der Waals surface area contributed by atoms with Crippen LogP contribution >= 0.6 is 0 Å². The molecule has 2 atom stereocenters. The van der Waals surface area contributed by atoms with E-state index in [4.69, 9.17) is 0 Å². The molecule has 2 amide bonds. The van der Waals surface area contributed by atoms with Crippen molar-refractivity contribution in [1.82, 2.24) is 10.6 Å². The molecule has 0 aliphatic heterocycles. The number of hydrogen-bond acceptors (Lipinski definition) is 2. The van der Waals surface area contributed by atoms with Crippen molar-refractivity contribution in [2.24, 2.45) is 0 Å². The van der Waals surface area contributed by atoms with Crippen molar-refractivity contribution in [3.63, 3.8) is 0 Å². The van der Waals surface area contributed by atoms with E-state index in [1.165, 1.54) is 11.8 Å². The summed E-state index contributed by atoms with van der Waals surface area (Å²) in [6.07, 6.45) is 0.204. The SMILES string of the molecule is CC(=O)N[C@@H](CC(=O)N[C@@H](C[NH+](C)C)c1ccccc1)c1ccccc1. The molecule has 0 unspecified atom stereocenters. The summed E-state index contributed by atoms with van der Waals surface area (Å²) in [7, 11) is 4.12. The minimum absolute atomic E-state index is 0.0672. The first kappa shape index (κ1) is 19.7. The highest BCUT2D eigenvalue weighted by Crippen LogP contribution is 2.18. The van der Waals surface area contributed by atoms with Crippen molar-refractivity contribution in [1.29, 1.82) is 0 Å². The van der Waals surface area contributed by atoms with E-state index in [0.717, 1.165) is 17.7 Å². The minimum Gasteiger partial charge on any atom is -0.349 e. The summed E-state index contributed by atoms with van der Waals surface area (Å²) in [6, 6.07) is 19.1. The van der Waals surface area contributed by atoms with E-state index in [1.54, 1.807) is 0 Å². The Kier molecular flexibility index (Phi) is 7.36. The lowest BCUT2D eigenvalue weighted by Gasteiger charge is -2.23. The Balaban J connectivity index is 2.10. The number of benzene rings is 2. The van der Waals surface area contributed by atoms with Gasteiger partial charge < -0.3 is 15.5 Å². The van der Waals surface area contributed by atoms with Crippen molar-refractivity contribution in [3.05, 3.63) is 71.8 Å². The van der Waals surface area contributed by atoms with E-state index in [-0.39, 0.29) is 30.3 Å². The lowest BCUT2D eigenvalue weighted by atomic mass is 10.0. The molecule has 0 saturated heterocycles. The highest BCUT2D eigenvalue weighted by molar-refractivity contribution is 5.79. The molecule has 0 radical (unpaired) electrons. The van der Waals surface area contributed by atoms with Crippen molar-refractivity contribution in [2.75, 3.05) is 20.6 Å². The lowest BCUT2D eigenvalue weighted by Crippen LogP contribution is -3.06. The van der Waals surface area contributed by atoms with Crippen molar-refractivity contribution < 1.29 is 14.5 Å². The summed E-state index contributed by atoms with van der Waals surface area (Å²) in [6.45, 7) is 2.25. The number of nitrogens with one attached hydrogen (secondary N) is 3. The van der Waals surface area contributed by atoms with Gasteiger partial charge in [0.2, 0.25) is 11.8 Å². The second-order valence-corrected chi connectivity index (χ2v) is 6.81. The molecule has 5 heteroatoms. The Bertz CT molecular complexity index is 702. The van der Waals surface area contributed by atoms with Crippen LogP contribution in [0, 0.1) is 0 Å². The molecule has 138 valence electrons. The largest absolute Gasteiger partial charge is 0.349 e. The zero-order chi connectivity index (χ0) is 18.9. The molecule has 0 saturated carbocycles. The van der Waals surface area contributed by atoms with Gasteiger partial charge in [-0.05, 0) is 11.1 Å². The van der Waals surface area contributed by atoms with Crippen LogP contribution in [0.4, 0.5) is 0 Å². The van der Waals surface area contributed by atoms with Crippen LogP contribution in [0.1, 0.15) is 36.6 Å².